The van der Waals surface area contributed by atoms with Gasteiger partial charge in [0, 0.05) is 5.54 Å². The topological polar surface area (TPSA) is 64.3 Å². The summed E-state index contributed by atoms with van der Waals surface area (Å²) >= 11 is 6.21. The molecule has 0 bridgehead atoms. The highest BCUT2D eigenvalue weighted by Crippen LogP contribution is 2.40. The molecule has 1 fully saturated rings. The van der Waals surface area contributed by atoms with Gasteiger partial charge in [0.05, 0.1) is 10.7 Å². The SMILES string of the molecule is CC(C)(C)OC(=O)Nc1ccc(C2(N)CCC2)cc1Cl. The summed E-state index contributed by atoms with van der Waals surface area (Å²) in [5.41, 5.74) is 7.02. The second-order valence-corrected chi connectivity index (χ2v) is 6.74. The lowest BCUT2D eigenvalue weighted by atomic mass is 9.73. The quantitative estimate of drug-likeness (QED) is 0.866. The van der Waals surface area contributed by atoms with Crippen LogP contribution in [0.4, 0.5) is 10.5 Å². The van der Waals surface area contributed by atoms with E-state index in [-0.39, 0.29) is 5.54 Å². The fraction of sp³-hybridized carbons (Fsp3) is 0.533. The summed E-state index contributed by atoms with van der Waals surface area (Å²) in [6, 6.07) is 5.51. The molecule has 1 aromatic rings. The van der Waals surface area contributed by atoms with Crippen molar-refractivity contribution in [3.63, 3.8) is 0 Å². The van der Waals surface area contributed by atoms with Crippen molar-refractivity contribution in [3.8, 4) is 0 Å². The average Bonchev–Trinajstić information content (AvgIpc) is 2.26. The second-order valence-electron chi connectivity index (χ2n) is 6.33. The maximum absolute atomic E-state index is 11.7. The van der Waals surface area contributed by atoms with Crippen LogP contribution in [0.25, 0.3) is 0 Å². The maximum atomic E-state index is 11.7. The zero-order valence-electron chi connectivity index (χ0n) is 12.1. The zero-order chi connectivity index (χ0) is 15.0. The molecular formula is C15H21ClN2O2. The van der Waals surface area contributed by atoms with E-state index in [1.54, 1.807) is 6.07 Å². The number of hydrogen-bond donors (Lipinski definition) is 2. The van der Waals surface area contributed by atoms with E-state index in [4.69, 9.17) is 22.1 Å². The van der Waals surface area contributed by atoms with Crippen LogP contribution in [0, 0.1) is 0 Å². The number of benzene rings is 1. The van der Waals surface area contributed by atoms with Gasteiger partial charge in [-0.1, -0.05) is 17.7 Å². The minimum Gasteiger partial charge on any atom is -0.444 e. The largest absolute Gasteiger partial charge is 0.444 e. The van der Waals surface area contributed by atoms with Gasteiger partial charge in [-0.3, -0.25) is 5.32 Å². The molecule has 0 aliphatic heterocycles. The van der Waals surface area contributed by atoms with Crippen LogP contribution in [0.3, 0.4) is 0 Å². The number of ether oxygens (including phenoxy) is 1. The predicted molar refractivity (Wildman–Crippen MR) is 81.0 cm³/mol. The summed E-state index contributed by atoms with van der Waals surface area (Å²) in [4.78, 5) is 11.7. The normalized spacial score (nSPS) is 17.2. The average molecular weight is 297 g/mol. The molecular weight excluding hydrogens is 276 g/mol. The van der Waals surface area contributed by atoms with Crippen molar-refractivity contribution in [2.45, 2.75) is 51.2 Å². The Hall–Kier alpha value is -1.26. The van der Waals surface area contributed by atoms with Crippen LogP contribution in [-0.2, 0) is 10.3 Å². The molecule has 0 spiro atoms. The molecule has 0 unspecified atom stereocenters. The number of hydrogen-bond acceptors (Lipinski definition) is 3. The molecule has 0 radical (unpaired) electrons. The van der Waals surface area contributed by atoms with E-state index in [1.807, 2.05) is 32.9 Å². The van der Waals surface area contributed by atoms with Crippen molar-refractivity contribution >= 4 is 23.4 Å². The summed E-state index contributed by atoms with van der Waals surface area (Å²) in [5.74, 6) is 0. The highest BCUT2D eigenvalue weighted by molar-refractivity contribution is 6.33. The number of halogens is 1. The first-order chi connectivity index (χ1) is 9.20. The lowest BCUT2D eigenvalue weighted by Crippen LogP contribution is -2.43. The van der Waals surface area contributed by atoms with Crippen LogP contribution in [0.2, 0.25) is 5.02 Å². The molecule has 0 saturated heterocycles. The van der Waals surface area contributed by atoms with Gasteiger partial charge in [0.25, 0.3) is 0 Å². The lowest BCUT2D eigenvalue weighted by molar-refractivity contribution is 0.0636. The number of rotatable bonds is 2. The number of nitrogens with two attached hydrogens (primary N) is 1. The van der Waals surface area contributed by atoms with E-state index in [0.717, 1.165) is 24.8 Å². The predicted octanol–water partition coefficient (Wildman–Crippen LogP) is 4.02. The van der Waals surface area contributed by atoms with Gasteiger partial charge >= 0.3 is 6.09 Å². The van der Waals surface area contributed by atoms with Crippen molar-refractivity contribution in [3.05, 3.63) is 28.8 Å². The Morgan fingerprint density at radius 1 is 1.40 bits per heavy atom. The Bertz CT molecular complexity index is 519. The molecule has 1 aromatic carbocycles. The molecule has 1 amide bonds. The molecule has 1 aliphatic carbocycles. The first kappa shape index (κ1) is 15.1. The van der Waals surface area contributed by atoms with E-state index >= 15 is 0 Å². The summed E-state index contributed by atoms with van der Waals surface area (Å²) in [5, 5.41) is 3.12. The molecule has 110 valence electrons. The second kappa shape index (κ2) is 5.26. The monoisotopic (exact) mass is 296 g/mol. The van der Waals surface area contributed by atoms with Crippen molar-refractivity contribution in [2.24, 2.45) is 5.73 Å². The van der Waals surface area contributed by atoms with E-state index in [0.29, 0.717) is 10.7 Å². The fourth-order valence-electron chi connectivity index (χ4n) is 2.19. The summed E-state index contributed by atoms with van der Waals surface area (Å²) in [6.07, 6.45) is 2.58. The number of carbonyl (C=O) groups excluding carboxylic acids is 1. The van der Waals surface area contributed by atoms with E-state index in [1.165, 1.54) is 0 Å². The third kappa shape index (κ3) is 3.44. The Labute approximate surface area is 124 Å². The number of carbonyl (C=O) groups is 1. The van der Waals surface area contributed by atoms with Gasteiger partial charge in [-0.15, -0.1) is 0 Å². The smallest absolute Gasteiger partial charge is 0.412 e. The van der Waals surface area contributed by atoms with Gasteiger partial charge in [-0.05, 0) is 57.7 Å². The molecule has 0 atom stereocenters. The van der Waals surface area contributed by atoms with Crippen LogP contribution in [0.1, 0.15) is 45.6 Å². The minimum absolute atomic E-state index is 0.256. The van der Waals surface area contributed by atoms with Crippen molar-refractivity contribution in [1.29, 1.82) is 0 Å². The summed E-state index contributed by atoms with van der Waals surface area (Å²) in [6.45, 7) is 5.43. The Balaban J connectivity index is 2.08. The Morgan fingerprint density at radius 2 is 2.05 bits per heavy atom. The van der Waals surface area contributed by atoms with Gasteiger partial charge in [0.1, 0.15) is 5.60 Å². The number of amides is 1. The molecule has 0 heterocycles. The van der Waals surface area contributed by atoms with Crippen LogP contribution >= 0.6 is 11.6 Å². The first-order valence-electron chi connectivity index (χ1n) is 6.79. The van der Waals surface area contributed by atoms with Gasteiger partial charge in [0.2, 0.25) is 0 Å². The van der Waals surface area contributed by atoms with Gasteiger partial charge < -0.3 is 10.5 Å². The van der Waals surface area contributed by atoms with Crippen LogP contribution in [-0.4, -0.2) is 11.7 Å². The maximum Gasteiger partial charge on any atom is 0.412 e. The minimum atomic E-state index is -0.538. The third-order valence-corrected chi connectivity index (χ3v) is 3.74. The molecule has 2 rings (SSSR count). The van der Waals surface area contributed by atoms with E-state index in [9.17, 15) is 4.79 Å². The Kier molecular flexibility index (Phi) is 3.98. The standard InChI is InChI=1S/C15H21ClN2O2/c1-14(2,3)20-13(19)18-12-6-5-10(9-11(12)16)15(17)7-4-8-15/h5-6,9H,4,7-8,17H2,1-3H3,(H,18,19). The molecule has 1 aliphatic rings. The highest BCUT2D eigenvalue weighted by Gasteiger charge is 2.34. The van der Waals surface area contributed by atoms with E-state index in [2.05, 4.69) is 5.32 Å². The molecule has 0 aromatic heterocycles. The molecule has 3 N–H and O–H groups in total. The highest BCUT2D eigenvalue weighted by atomic mass is 35.5. The molecule has 4 nitrogen and oxygen atoms in total. The number of anilines is 1. The van der Waals surface area contributed by atoms with Gasteiger partial charge in [-0.2, -0.15) is 0 Å². The van der Waals surface area contributed by atoms with Crippen molar-refractivity contribution < 1.29 is 9.53 Å². The van der Waals surface area contributed by atoms with Crippen LogP contribution in [0.5, 0.6) is 0 Å². The fourth-order valence-corrected chi connectivity index (χ4v) is 2.41. The first-order valence-corrected chi connectivity index (χ1v) is 7.16. The van der Waals surface area contributed by atoms with Crippen LogP contribution < -0.4 is 11.1 Å². The molecule has 20 heavy (non-hydrogen) atoms. The number of nitrogens with one attached hydrogen (secondary N) is 1. The summed E-state index contributed by atoms with van der Waals surface area (Å²) in [7, 11) is 0. The Morgan fingerprint density at radius 3 is 2.50 bits per heavy atom. The lowest BCUT2D eigenvalue weighted by Gasteiger charge is -2.38. The molecule has 1 saturated carbocycles. The molecule has 5 heteroatoms. The van der Waals surface area contributed by atoms with Gasteiger partial charge in [-0.25, -0.2) is 4.79 Å². The van der Waals surface area contributed by atoms with Crippen molar-refractivity contribution in [1.82, 2.24) is 0 Å². The van der Waals surface area contributed by atoms with Gasteiger partial charge in [0.15, 0.2) is 0 Å². The summed E-state index contributed by atoms with van der Waals surface area (Å²) < 4.78 is 5.19. The zero-order valence-corrected chi connectivity index (χ0v) is 12.9. The van der Waals surface area contributed by atoms with Crippen molar-refractivity contribution in [2.75, 3.05) is 5.32 Å². The van der Waals surface area contributed by atoms with E-state index < -0.39 is 11.7 Å². The third-order valence-electron chi connectivity index (χ3n) is 3.43. The van der Waals surface area contributed by atoms with Crippen LogP contribution in [0.15, 0.2) is 18.2 Å².